The average molecular weight is 467 g/mol. The maximum Gasteiger partial charge on any atom is 0.260 e. The van der Waals surface area contributed by atoms with Crippen LogP contribution in [-0.2, 0) is 11.3 Å². The molecule has 1 aliphatic rings. The van der Waals surface area contributed by atoms with Crippen LogP contribution in [0.15, 0.2) is 52.6 Å². The third-order valence-corrected chi connectivity index (χ3v) is 7.67. The Labute approximate surface area is 194 Å². The molecular weight excluding hydrogens is 440 g/mol. The van der Waals surface area contributed by atoms with E-state index in [1.54, 1.807) is 11.3 Å². The Hall–Kier alpha value is -2.36. The van der Waals surface area contributed by atoms with Gasteiger partial charge in [0.2, 0.25) is 0 Å². The number of H-pyrrole nitrogens is 1. The lowest BCUT2D eigenvalue weighted by atomic mass is 10.1. The second-order valence-electron chi connectivity index (χ2n) is 8.01. The minimum atomic E-state index is -0.0708. The van der Waals surface area contributed by atoms with Crippen LogP contribution >= 0.6 is 22.7 Å². The molecule has 5 rings (SSSR count). The third-order valence-electron chi connectivity index (χ3n) is 5.76. The molecule has 8 heteroatoms. The number of aromatic nitrogens is 2. The Morgan fingerprint density at radius 1 is 1.19 bits per heavy atom. The van der Waals surface area contributed by atoms with Crippen molar-refractivity contribution in [3.8, 4) is 10.4 Å². The van der Waals surface area contributed by atoms with Crippen molar-refractivity contribution in [2.24, 2.45) is 0 Å². The molecule has 6 nitrogen and oxygen atoms in total. The van der Waals surface area contributed by atoms with E-state index in [-0.39, 0.29) is 11.6 Å². The van der Waals surface area contributed by atoms with E-state index in [4.69, 9.17) is 9.72 Å². The molecule has 2 N–H and O–H groups in total. The van der Waals surface area contributed by atoms with E-state index in [1.165, 1.54) is 21.8 Å². The van der Waals surface area contributed by atoms with E-state index in [1.807, 2.05) is 11.4 Å². The highest BCUT2D eigenvalue weighted by Gasteiger charge is 2.19. The fraction of sp³-hybridized carbons (Fsp3) is 0.333. The molecule has 0 saturated carbocycles. The van der Waals surface area contributed by atoms with Crippen LogP contribution in [0.5, 0.6) is 0 Å². The SMILES string of the molecule is Cc1ccc(-c2csc3nc(CN[C@@H](CN4CCOCC4)c4ccccc4)[nH]c(=O)c23)s1. The van der Waals surface area contributed by atoms with Gasteiger partial charge in [-0.2, -0.15) is 0 Å². The zero-order valence-corrected chi connectivity index (χ0v) is 19.6. The molecule has 1 atom stereocenters. The summed E-state index contributed by atoms with van der Waals surface area (Å²) >= 11 is 3.23. The number of hydrogen-bond donors (Lipinski definition) is 2. The smallest absolute Gasteiger partial charge is 0.260 e. The van der Waals surface area contributed by atoms with Gasteiger partial charge >= 0.3 is 0 Å². The molecule has 0 aliphatic carbocycles. The first kappa shape index (κ1) is 21.5. The topological polar surface area (TPSA) is 70.2 Å². The second kappa shape index (κ2) is 9.64. The lowest BCUT2D eigenvalue weighted by molar-refractivity contribution is 0.0333. The zero-order valence-electron chi connectivity index (χ0n) is 18.0. The van der Waals surface area contributed by atoms with Gasteiger partial charge in [-0.25, -0.2) is 4.98 Å². The van der Waals surface area contributed by atoms with Crippen LogP contribution in [0.25, 0.3) is 20.7 Å². The molecule has 0 radical (unpaired) electrons. The largest absolute Gasteiger partial charge is 0.379 e. The summed E-state index contributed by atoms with van der Waals surface area (Å²) in [5, 5.41) is 6.36. The summed E-state index contributed by atoms with van der Waals surface area (Å²) in [6.45, 7) is 6.89. The number of thiophene rings is 2. The number of benzene rings is 1. The maximum absolute atomic E-state index is 13.0. The molecule has 1 aromatic carbocycles. The Kier molecular flexibility index (Phi) is 6.47. The molecule has 4 heterocycles. The normalized spacial score (nSPS) is 15.9. The van der Waals surface area contributed by atoms with Crippen molar-refractivity contribution >= 4 is 32.9 Å². The number of morpholine rings is 1. The predicted octanol–water partition coefficient (Wildman–Crippen LogP) is 4.18. The Morgan fingerprint density at radius 3 is 2.75 bits per heavy atom. The number of nitrogens with zero attached hydrogens (tertiary/aromatic N) is 2. The number of nitrogens with one attached hydrogen (secondary N) is 2. The molecule has 1 fully saturated rings. The summed E-state index contributed by atoms with van der Waals surface area (Å²) in [5.41, 5.74) is 2.14. The summed E-state index contributed by atoms with van der Waals surface area (Å²) in [5.74, 6) is 0.668. The van der Waals surface area contributed by atoms with E-state index in [0.717, 1.165) is 48.1 Å². The van der Waals surface area contributed by atoms with Gasteiger partial charge < -0.3 is 15.0 Å². The van der Waals surface area contributed by atoms with Gasteiger partial charge in [-0.1, -0.05) is 30.3 Å². The van der Waals surface area contributed by atoms with E-state index in [9.17, 15) is 4.79 Å². The molecule has 1 saturated heterocycles. The third kappa shape index (κ3) is 4.69. The molecule has 3 aromatic heterocycles. The number of ether oxygens (including phenoxy) is 1. The Morgan fingerprint density at radius 2 is 2.00 bits per heavy atom. The molecule has 0 spiro atoms. The van der Waals surface area contributed by atoms with Crippen LogP contribution in [0, 0.1) is 6.92 Å². The van der Waals surface area contributed by atoms with Gasteiger partial charge in [-0.3, -0.25) is 9.69 Å². The maximum atomic E-state index is 13.0. The highest BCUT2D eigenvalue weighted by atomic mass is 32.1. The van der Waals surface area contributed by atoms with Gasteiger partial charge in [-0.15, -0.1) is 22.7 Å². The summed E-state index contributed by atoms with van der Waals surface area (Å²) in [6.07, 6.45) is 0. The monoisotopic (exact) mass is 466 g/mol. The quantitative estimate of drug-likeness (QED) is 0.428. The van der Waals surface area contributed by atoms with Crippen LogP contribution in [0.4, 0.5) is 0 Å². The van der Waals surface area contributed by atoms with Crippen LogP contribution in [-0.4, -0.2) is 47.7 Å². The Bertz CT molecular complexity index is 1240. The first-order valence-corrected chi connectivity index (χ1v) is 12.5. The summed E-state index contributed by atoms with van der Waals surface area (Å²) < 4.78 is 5.50. The van der Waals surface area contributed by atoms with Crippen LogP contribution < -0.4 is 10.9 Å². The van der Waals surface area contributed by atoms with Crippen molar-refractivity contribution in [1.82, 2.24) is 20.2 Å². The van der Waals surface area contributed by atoms with Gasteiger partial charge in [0, 0.05) is 46.4 Å². The number of rotatable bonds is 7. The minimum absolute atomic E-state index is 0.0708. The standard InChI is InChI=1S/C24H26N4O2S2/c1-16-7-8-20(32-16)18-15-31-24-22(18)23(29)26-21(27-24)13-25-19(17-5-3-2-4-6-17)14-28-9-11-30-12-10-28/h2-8,15,19,25H,9-14H2,1H3,(H,26,27,29)/t19-/m0/s1. The summed E-state index contributed by atoms with van der Waals surface area (Å²) in [6, 6.07) is 14.8. The molecule has 32 heavy (non-hydrogen) atoms. The number of fused-ring (bicyclic) bond motifs is 1. The highest BCUT2D eigenvalue weighted by molar-refractivity contribution is 7.19. The van der Waals surface area contributed by atoms with E-state index < -0.39 is 0 Å². The van der Waals surface area contributed by atoms with E-state index in [0.29, 0.717) is 17.8 Å². The molecule has 0 amide bonds. The van der Waals surface area contributed by atoms with Crippen LogP contribution in [0.2, 0.25) is 0 Å². The highest BCUT2D eigenvalue weighted by Crippen LogP contribution is 2.35. The second-order valence-corrected chi connectivity index (χ2v) is 10.2. The average Bonchev–Trinajstić information content (AvgIpc) is 3.44. The lowest BCUT2D eigenvalue weighted by Crippen LogP contribution is -2.42. The van der Waals surface area contributed by atoms with Crippen LogP contribution in [0.3, 0.4) is 0 Å². The van der Waals surface area contributed by atoms with E-state index >= 15 is 0 Å². The summed E-state index contributed by atoms with van der Waals surface area (Å²) in [4.78, 5) is 26.3. The van der Waals surface area contributed by atoms with Gasteiger partial charge in [0.05, 0.1) is 25.1 Å². The molecular formula is C24H26N4O2S2. The van der Waals surface area contributed by atoms with Crippen molar-refractivity contribution in [3.05, 3.63) is 74.5 Å². The van der Waals surface area contributed by atoms with Crippen molar-refractivity contribution in [3.63, 3.8) is 0 Å². The van der Waals surface area contributed by atoms with Crippen molar-refractivity contribution < 1.29 is 4.74 Å². The molecule has 166 valence electrons. The van der Waals surface area contributed by atoms with Crippen molar-refractivity contribution in [1.29, 1.82) is 0 Å². The number of aryl methyl sites for hydroxylation is 1. The van der Waals surface area contributed by atoms with Gasteiger partial charge in [0.25, 0.3) is 5.56 Å². The fourth-order valence-electron chi connectivity index (χ4n) is 4.07. The van der Waals surface area contributed by atoms with Gasteiger partial charge in [0.15, 0.2) is 0 Å². The molecule has 1 aliphatic heterocycles. The number of aromatic amines is 1. The first-order chi connectivity index (χ1) is 15.7. The first-order valence-electron chi connectivity index (χ1n) is 10.8. The number of hydrogen-bond acceptors (Lipinski definition) is 7. The summed E-state index contributed by atoms with van der Waals surface area (Å²) in [7, 11) is 0. The predicted molar refractivity (Wildman–Crippen MR) is 132 cm³/mol. The lowest BCUT2D eigenvalue weighted by Gasteiger charge is -2.31. The van der Waals surface area contributed by atoms with Gasteiger partial charge in [0.1, 0.15) is 10.7 Å². The van der Waals surface area contributed by atoms with Crippen LogP contribution in [0.1, 0.15) is 22.3 Å². The molecule has 4 aromatic rings. The molecule has 0 bridgehead atoms. The minimum Gasteiger partial charge on any atom is -0.379 e. The molecule has 0 unspecified atom stereocenters. The van der Waals surface area contributed by atoms with Crippen molar-refractivity contribution in [2.75, 3.05) is 32.8 Å². The Balaban J connectivity index is 1.37. The fourth-order valence-corrected chi connectivity index (χ4v) is 6.00. The van der Waals surface area contributed by atoms with E-state index in [2.05, 4.69) is 58.5 Å². The van der Waals surface area contributed by atoms with Crippen molar-refractivity contribution in [2.45, 2.75) is 19.5 Å². The van der Waals surface area contributed by atoms with Gasteiger partial charge in [-0.05, 0) is 24.6 Å². The zero-order chi connectivity index (χ0) is 21.9.